The number of nitrogens with zero attached hydrogens (tertiary/aromatic N) is 1. The molecule has 1 aromatic heterocycles. The second kappa shape index (κ2) is 4.77. The zero-order valence-corrected chi connectivity index (χ0v) is 7.89. The van der Waals surface area contributed by atoms with Crippen molar-refractivity contribution in [3.05, 3.63) is 23.6 Å². The van der Waals surface area contributed by atoms with Crippen molar-refractivity contribution < 1.29 is 4.39 Å². The molecule has 0 saturated carbocycles. The van der Waals surface area contributed by atoms with Crippen LogP contribution in [0.5, 0.6) is 0 Å². The number of halogens is 1. The lowest BCUT2D eigenvalue weighted by molar-refractivity contribution is 0.615. The quantitative estimate of drug-likeness (QED) is 0.740. The number of nitrogens with one attached hydrogen (secondary N) is 2. The molecule has 0 bridgehead atoms. The lowest BCUT2D eigenvalue weighted by Gasteiger charge is -2.07. The molecular weight excluding hydrogens is 169 g/mol. The van der Waals surface area contributed by atoms with Crippen LogP contribution >= 0.6 is 0 Å². The van der Waals surface area contributed by atoms with Crippen LogP contribution in [0, 0.1) is 5.82 Å². The van der Waals surface area contributed by atoms with E-state index in [1.807, 2.05) is 6.92 Å². The smallest absolute Gasteiger partial charge is 0.141 e. The van der Waals surface area contributed by atoms with Crippen molar-refractivity contribution >= 4 is 5.82 Å². The van der Waals surface area contributed by atoms with Gasteiger partial charge in [-0.2, -0.15) is 0 Å². The van der Waals surface area contributed by atoms with E-state index in [9.17, 15) is 4.39 Å². The number of aromatic nitrogens is 1. The van der Waals surface area contributed by atoms with E-state index >= 15 is 0 Å². The Hall–Kier alpha value is -1.16. The van der Waals surface area contributed by atoms with Gasteiger partial charge in [-0.15, -0.1) is 0 Å². The van der Waals surface area contributed by atoms with Gasteiger partial charge in [0.2, 0.25) is 0 Å². The zero-order valence-electron chi connectivity index (χ0n) is 7.89. The highest BCUT2D eigenvalue weighted by Gasteiger charge is 2.02. The molecule has 72 valence electrons. The van der Waals surface area contributed by atoms with Crippen LogP contribution in [-0.4, -0.2) is 18.6 Å². The summed E-state index contributed by atoms with van der Waals surface area (Å²) < 4.78 is 12.8. The molecule has 3 nitrogen and oxygen atoms in total. The second-order valence-corrected chi connectivity index (χ2v) is 2.69. The maximum atomic E-state index is 12.8. The molecule has 1 heterocycles. The fourth-order valence-electron chi connectivity index (χ4n) is 1.10. The van der Waals surface area contributed by atoms with Gasteiger partial charge < -0.3 is 10.6 Å². The molecule has 0 aliphatic carbocycles. The van der Waals surface area contributed by atoms with E-state index in [1.54, 1.807) is 7.05 Å². The molecule has 1 rings (SSSR count). The molecule has 0 fully saturated rings. The normalized spacial score (nSPS) is 10.1. The van der Waals surface area contributed by atoms with Crippen LogP contribution in [0.15, 0.2) is 12.3 Å². The summed E-state index contributed by atoms with van der Waals surface area (Å²) in [5, 5.41) is 6.03. The molecule has 0 amide bonds. The average molecular weight is 183 g/mol. The molecule has 4 heteroatoms. The van der Waals surface area contributed by atoms with Gasteiger partial charge in [0.25, 0.3) is 0 Å². The summed E-state index contributed by atoms with van der Waals surface area (Å²) in [7, 11) is 1.77. The maximum Gasteiger partial charge on any atom is 0.141 e. The summed E-state index contributed by atoms with van der Waals surface area (Å²) in [5.74, 6) is 0.425. The van der Waals surface area contributed by atoms with E-state index < -0.39 is 0 Å². The third kappa shape index (κ3) is 2.66. The van der Waals surface area contributed by atoms with Gasteiger partial charge >= 0.3 is 0 Å². The Labute approximate surface area is 77.4 Å². The Kier molecular flexibility index (Phi) is 3.64. The number of hydrogen-bond acceptors (Lipinski definition) is 3. The van der Waals surface area contributed by atoms with E-state index in [-0.39, 0.29) is 5.82 Å². The lowest BCUT2D eigenvalue weighted by Crippen LogP contribution is -2.14. The monoisotopic (exact) mass is 183 g/mol. The Morgan fingerprint density at radius 3 is 2.92 bits per heavy atom. The molecule has 0 unspecified atom stereocenters. The Bertz CT molecular complexity index is 276. The first-order chi connectivity index (χ1) is 6.27. The van der Waals surface area contributed by atoms with Gasteiger partial charge in [-0.3, -0.25) is 0 Å². The van der Waals surface area contributed by atoms with Crippen molar-refractivity contribution in [1.82, 2.24) is 10.3 Å². The van der Waals surface area contributed by atoms with Crippen LogP contribution in [0.25, 0.3) is 0 Å². The largest absolute Gasteiger partial charge is 0.373 e. The second-order valence-electron chi connectivity index (χ2n) is 2.69. The maximum absolute atomic E-state index is 12.8. The fraction of sp³-hybridized carbons (Fsp3) is 0.444. The Morgan fingerprint density at radius 2 is 2.31 bits per heavy atom. The predicted molar refractivity (Wildman–Crippen MR) is 51.1 cm³/mol. The van der Waals surface area contributed by atoms with Gasteiger partial charge in [-0.1, -0.05) is 6.92 Å². The van der Waals surface area contributed by atoms with Crippen molar-refractivity contribution in [2.24, 2.45) is 0 Å². The first-order valence-electron chi connectivity index (χ1n) is 4.30. The summed E-state index contributed by atoms with van der Waals surface area (Å²) in [6.07, 6.45) is 1.21. The summed E-state index contributed by atoms with van der Waals surface area (Å²) in [5.41, 5.74) is 0.851. The highest BCUT2D eigenvalue weighted by Crippen LogP contribution is 2.12. The minimum Gasteiger partial charge on any atom is -0.373 e. The van der Waals surface area contributed by atoms with E-state index in [1.165, 1.54) is 12.3 Å². The van der Waals surface area contributed by atoms with Crippen molar-refractivity contribution in [1.29, 1.82) is 0 Å². The average Bonchev–Trinajstić information content (AvgIpc) is 2.15. The minimum absolute atomic E-state index is 0.299. The topological polar surface area (TPSA) is 37.0 Å². The van der Waals surface area contributed by atoms with Crippen LogP contribution in [-0.2, 0) is 6.54 Å². The number of hydrogen-bond donors (Lipinski definition) is 2. The van der Waals surface area contributed by atoms with Gasteiger partial charge in [-0.25, -0.2) is 9.37 Å². The molecule has 0 saturated heterocycles. The van der Waals surface area contributed by atoms with Crippen molar-refractivity contribution in [2.45, 2.75) is 13.5 Å². The van der Waals surface area contributed by atoms with E-state index in [2.05, 4.69) is 15.6 Å². The molecule has 13 heavy (non-hydrogen) atoms. The summed E-state index contributed by atoms with van der Waals surface area (Å²) >= 11 is 0. The fourth-order valence-corrected chi connectivity index (χ4v) is 1.10. The molecule has 2 N–H and O–H groups in total. The number of rotatable bonds is 4. The van der Waals surface area contributed by atoms with Crippen LogP contribution < -0.4 is 10.6 Å². The third-order valence-electron chi connectivity index (χ3n) is 1.74. The molecule has 0 aliphatic heterocycles. The molecule has 0 spiro atoms. The van der Waals surface area contributed by atoms with Crippen molar-refractivity contribution in [2.75, 3.05) is 18.9 Å². The summed E-state index contributed by atoms with van der Waals surface area (Å²) in [6, 6.07) is 1.49. The SMILES string of the molecule is CCNCc1cc(F)cnc1NC. The van der Waals surface area contributed by atoms with Crippen LogP contribution in [0.1, 0.15) is 12.5 Å². The predicted octanol–water partition coefficient (Wildman–Crippen LogP) is 1.37. The zero-order chi connectivity index (χ0) is 9.68. The Balaban J connectivity index is 2.81. The summed E-state index contributed by atoms with van der Waals surface area (Å²) in [6.45, 7) is 3.50. The van der Waals surface area contributed by atoms with Gasteiger partial charge in [0.15, 0.2) is 0 Å². The van der Waals surface area contributed by atoms with E-state index in [0.29, 0.717) is 6.54 Å². The summed E-state index contributed by atoms with van der Waals surface area (Å²) in [4.78, 5) is 3.92. The molecule has 1 aromatic rings. The van der Waals surface area contributed by atoms with Crippen LogP contribution in [0.3, 0.4) is 0 Å². The van der Waals surface area contributed by atoms with Crippen LogP contribution in [0.2, 0.25) is 0 Å². The standard InChI is InChI=1S/C9H14FN3/c1-3-12-5-7-4-8(10)6-13-9(7)11-2/h4,6,12H,3,5H2,1-2H3,(H,11,13). The molecule has 0 aromatic carbocycles. The minimum atomic E-state index is -0.299. The first-order valence-corrected chi connectivity index (χ1v) is 4.30. The lowest BCUT2D eigenvalue weighted by atomic mass is 10.2. The highest BCUT2D eigenvalue weighted by atomic mass is 19.1. The first kappa shape index (κ1) is 9.92. The van der Waals surface area contributed by atoms with Crippen LogP contribution in [0.4, 0.5) is 10.2 Å². The van der Waals surface area contributed by atoms with Gasteiger partial charge in [0.1, 0.15) is 11.6 Å². The molecule has 0 aliphatic rings. The molecule has 0 atom stereocenters. The Morgan fingerprint density at radius 1 is 1.54 bits per heavy atom. The van der Waals surface area contributed by atoms with E-state index in [4.69, 9.17) is 0 Å². The van der Waals surface area contributed by atoms with Gasteiger partial charge in [0, 0.05) is 19.2 Å². The van der Waals surface area contributed by atoms with Crippen molar-refractivity contribution in [3.63, 3.8) is 0 Å². The number of pyridine rings is 1. The molecule has 0 radical (unpaired) electrons. The van der Waals surface area contributed by atoms with Crippen molar-refractivity contribution in [3.8, 4) is 0 Å². The molecular formula is C9H14FN3. The van der Waals surface area contributed by atoms with Gasteiger partial charge in [-0.05, 0) is 12.6 Å². The number of anilines is 1. The highest BCUT2D eigenvalue weighted by molar-refractivity contribution is 5.43. The van der Waals surface area contributed by atoms with Gasteiger partial charge in [0.05, 0.1) is 6.20 Å². The van der Waals surface area contributed by atoms with E-state index in [0.717, 1.165) is 17.9 Å². The third-order valence-corrected chi connectivity index (χ3v) is 1.74.